The van der Waals surface area contributed by atoms with E-state index in [0.29, 0.717) is 5.69 Å². The van der Waals surface area contributed by atoms with Gasteiger partial charge in [0.25, 0.3) is 5.56 Å². The van der Waals surface area contributed by atoms with Gasteiger partial charge in [-0.15, -0.1) is 5.10 Å². The molecule has 0 fully saturated rings. The highest BCUT2D eigenvalue weighted by atomic mass is 19.1. The lowest BCUT2D eigenvalue weighted by atomic mass is 10.3. The average Bonchev–Trinajstić information content (AvgIpc) is 2.99. The van der Waals surface area contributed by atoms with E-state index in [0.717, 1.165) is 4.57 Å². The van der Waals surface area contributed by atoms with Crippen molar-refractivity contribution in [1.29, 1.82) is 0 Å². The summed E-state index contributed by atoms with van der Waals surface area (Å²) in [6, 6.07) is 4.69. The Morgan fingerprint density at radius 2 is 2.00 bits per heavy atom. The molecule has 2 aromatic heterocycles. The van der Waals surface area contributed by atoms with Crippen LogP contribution in [0.1, 0.15) is 13.0 Å². The third kappa shape index (κ3) is 2.45. The number of carbonyl (C=O) groups excluding carboxylic acids is 1. The molecule has 3 rings (SSSR count). The van der Waals surface area contributed by atoms with Crippen molar-refractivity contribution in [1.82, 2.24) is 24.5 Å². The van der Waals surface area contributed by atoms with Crippen molar-refractivity contribution in [3.63, 3.8) is 0 Å². The summed E-state index contributed by atoms with van der Waals surface area (Å²) in [5, 5.41) is 7.69. The molecule has 1 atom stereocenters. The van der Waals surface area contributed by atoms with Crippen molar-refractivity contribution in [2.75, 3.05) is 7.11 Å². The molecule has 3 aromatic rings. The number of esters is 1. The van der Waals surface area contributed by atoms with Crippen LogP contribution in [0.2, 0.25) is 0 Å². The van der Waals surface area contributed by atoms with Gasteiger partial charge in [-0.05, 0) is 31.2 Å². The molecule has 0 aliphatic heterocycles. The van der Waals surface area contributed by atoms with Crippen LogP contribution in [0, 0.1) is 5.82 Å². The van der Waals surface area contributed by atoms with Crippen molar-refractivity contribution in [2.24, 2.45) is 0 Å². The monoisotopic (exact) mass is 317 g/mol. The Morgan fingerprint density at radius 3 is 2.65 bits per heavy atom. The number of carbonyl (C=O) groups is 1. The minimum Gasteiger partial charge on any atom is -0.467 e. The molecule has 23 heavy (non-hydrogen) atoms. The van der Waals surface area contributed by atoms with E-state index in [1.807, 2.05) is 0 Å². The summed E-state index contributed by atoms with van der Waals surface area (Å²) >= 11 is 0. The van der Waals surface area contributed by atoms with E-state index < -0.39 is 17.6 Å². The predicted octanol–water partition coefficient (Wildman–Crippen LogP) is 0.850. The SMILES string of the molecule is COC(=O)[C@H](C)n1cnc2c(nnn2-c2ccc(F)cc2)c1=O. The largest absolute Gasteiger partial charge is 0.467 e. The zero-order valence-corrected chi connectivity index (χ0v) is 12.3. The van der Waals surface area contributed by atoms with Crippen molar-refractivity contribution in [3.8, 4) is 5.69 Å². The molecular formula is C14H12FN5O3. The predicted molar refractivity (Wildman–Crippen MR) is 77.6 cm³/mol. The van der Waals surface area contributed by atoms with Crippen LogP contribution in [0.4, 0.5) is 4.39 Å². The molecule has 118 valence electrons. The maximum Gasteiger partial charge on any atom is 0.328 e. The molecular weight excluding hydrogens is 305 g/mol. The third-order valence-corrected chi connectivity index (χ3v) is 3.42. The normalized spacial score (nSPS) is 12.3. The number of nitrogens with zero attached hydrogens (tertiary/aromatic N) is 5. The summed E-state index contributed by atoms with van der Waals surface area (Å²) in [4.78, 5) is 28.1. The summed E-state index contributed by atoms with van der Waals surface area (Å²) in [6.45, 7) is 1.52. The first-order valence-electron chi connectivity index (χ1n) is 6.69. The zero-order chi connectivity index (χ0) is 16.6. The summed E-state index contributed by atoms with van der Waals surface area (Å²) < 4.78 is 20.1. The van der Waals surface area contributed by atoms with Gasteiger partial charge in [-0.25, -0.2) is 14.2 Å². The van der Waals surface area contributed by atoms with Gasteiger partial charge < -0.3 is 4.74 Å². The number of aromatic nitrogens is 5. The number of rotatable bonds is 3. The van der Waals surface area contributed by atoms with Crippen molar-refractivity contribution >= 4 is 17.1 Å². The molecule has 0 aliphatic rings. The fourth-order valence-electron chi connectivity index (χ4n) is 2.14. The highest BCUT2D eigenvalue weighted by molar-refractivity contribution is 5.75. The Labute approximate surface area is 129 Å². The van der Waals surface area contributed by atoms with E-state index in [4.69, 9.17) is 0 Å². The molecule has 0 N–H and O–H groups in total. The standard InChI is InChI=1S/C14H12FN5O3/c1-8(14(22)23-2)19-7-16-12-11(13(19)21)17-18-20(12)10-5-3-9(15)4-6-10/h3-8H,1-2H3/t8-/m0/s1. The quantitative estimate of drug-likeness (QED) is 0.665. The summed E-state index contributed by atoms with van der Waals surface area (Å²) in [5.74, 6) is -0.959. The van der Waals surface area contributed by atoms with Gasteiger partial charge in [0, 0.05) is 0 Å². The molecule has 0 saturated carbocycles. The number of hydrogen-bond acceptors (Lipinski definition) is 6. The molecule has 8 nitrogen and oxygen atoms in total. The number of ether oxygens (including phenoxy) is 1. The third-order valence-electron chi connectivity index (χ3n) is 3.42. The zero-order valence-electron chi connectivity index (χ0n) is 12.3. The first-order valence-corrected chi connectivity index (χ1v) is 6.69. The van der Waals surface area contributed by atoms with Gasteiger partial charge in [0.1, 0.15) is 18.2 Å². The van der Waals surface area contributed by atoms with Crippen LogP contribution in [-0.2, 0) is 9.53 Å². The first-order chi connectivity index (χ1) is 11.0. The summed E-state index contributed by atoms with van der Waals surface area (Å²) in [6.07, 6.45) is 1.23. The van der Waals surface area contributed by atoms with Gasteiger partial charge >= 0.3 is 5.97 Å². The second-order valence-corrected chi connectivity index (χ2v) is 4.81. The highest BCUT2D eigenvalue weighted by Crippen LogP contribution is 2.13. The molecule has 0 amide bonds. The maximum atomic E-state index is 13.0. The highest BCUT2D eigenvalue weighted by Gasteiger charge is 2.20. The lowest BCUT2D eigenvalue weighted by molar-refractivity contribution is -0.144. The van der Waals surface area contributed by atoms with Crippen LogP contribution < -0.4 is 5.56 Å². The fraction of sp³-hybridized carbons (Fsp3) is 0.214. The minimum absolute atomic E-state index is 0.00702. The number of fused-ring (bicyclic) bond motifs is 1. The minimum atomic E-state index is -0.833. The summed E-state index contributed by atoms with van der Waals surface area (Å²) in [5.41, 5.74) is 0.225. The van der Waals surface area contributed by atoms with Gasteiger partial charge in [-0.2, -0.15) is 4.68 Å². The van der Waals surface area contributed by atoms with Gasteiger partial charge in [-0.1, -0.05) is 5.21 Å². The average molecular weight is 317 g/mol. The lowest BCUT2D eigenvalue weighted by Crippen LogP contribution is -2.29. The molecule has 9 heteroatoms. The maximum absolute atomic E-state index is 13.0. The number of benzene rings is 1. The molecule has 0 aliphatic carbocycles. The van der Waals surface area contributed by atoms with E-state index in [1.54, 1.807) is 0 Å². The van der Waals surface area contributed by atoms with Gasteiger partial charge in [0.2, 0.25) is 0 Å². The van der Waals surface area contributed by atoms with Gasteiger partial charge in [0.15, 0.2) is 11.2 Å². The number of hydrogen-bond donors (Lipinski definition) is 0. The molecule has 0 saturated heterocycles. The first kappa shape index (κ1) is 14.8. The van der Waals surface area contributed by atoms with Crippen molar-refractivity contribution in [2.45, 2.75) is 13.0 Å². The van der Waals surface area contributed by atoms with E-state index >= 15 is 0 Å². The Bertz CT molecular complexity index is 932. The van der Waals surface area contributed by atoms with Gasteiger partial charge in [0.05, 0.1) is 12.8 Å². The van der Waals surface area contributed by atoms with Crippen LogP contribution in [0.5, 0.6) is 0 Å². The number of methoxy groups -OCH3 is 1. The number of halogens is 1. The van der Waals surface area contributed by atoms with Gasteiger partial charge in [-0.3, -0.25) is 9.36 Å². The molecule has 0 bridgehead atoms. The van der Waals surface area contributed by atoms with E-state index in [-0.39, 0.29) is 17.0 Å². The summed E-state index contributed by atoms with van der Waals surface area (Å²) in [7, 11) is 1.24. The molecule has 0 spiro atoms. The van der Waals surface area contributed by atoms with E-state index in [2.05, 4.69) is 20.0 Å². The molecule has 0 unspecified atom stereocenters. The lowest BCUT2D eigenvalue weighted by Gasteiger charge is -2.11. The Kier molecular flexibility index (Phi) is 3.61. The van der Waals surface area contributed by atoms with Crippen LogP contribution in [0.3, 0.4) is 0 Å². The van der Waals surface area contributed by atoms with Crippen molar-refractivity contribution in [3.05, 3.63) is 46.8 Å². The Hall–Kier alpha value is -3.10. The van der Waals surface area contributed by atoms with Crippen molar-refractivity contribution < 1.29 is 13.9 Å². The molecule has 0 radical (unpaired) electrons. The second-order valence-electron chi connectivity index (χ2n) is 4.81. The van der Waals surface area contributed by atoms with Crippen LogP contribution in [-0.4, -0.2) is 37.6 Å². The van der Waals surface area contributed by atoms with E-state index in [1.165, 1.54) is 49.3 Å². The van der Waals surface area contributed by atoms with E-state index in [9.17, 15) is 14.0 Å². The van der Waals surface area contributed by atoms with Crippen LogP contribution in [0.25, 0.3) is 16.9 Å². The molecule has 2 heterocycles. The fourth-order valence-corrected chi connectivity index (χ4v) is 2.14. The Balaban J connectivity index is 2.13. The second kappa shape index (κ2) is 5.59. The smallest absolute Gasteiger partial charge is 0.328 e. The molecule has 1 aromatic carbocycles. The van der Waals surface area contributed by atoms with Crippen LogP contribution in [0.15, 0.2) is 35.4 Å². The topological polar surface area (TPSA) is 91.9 Å². The van der Waals surface area contributed by atoms with Crippen LogP contribution >= 0.6 is 0 Å². The Morgan fingerprint density at radius 1 is 1.30 bits per heavy atom.